The van der Waals surface area contributed by atoms with Gasteiger partial charge in [0.2, 0.25) is 0 Å². The zero-order valence-electron chi connectivity index (χ0n) is 13.3. The summed E-state index contributed by atoms with van der Waals surface area (Å²) in [6.45, 7) is 6.55. The average molecular weight is 345 g/mol. The number of hydrogen-bond donors (Lipinski definition) is 1. The van der Waals surface area contributed by atoms with Gasteiger partial charge >= 0.3 is 12.1 Å². The van der Waals surface area contributed by atoms with Crippen molar-refractivity contribution in [3.8, 4) is 0 Å². The highest BCUT2D eigenvalue weighted by Gasteiger charge is 2.21. The van der Waals surface area contributed by atoms with E-state index in [0.29, 0.717) is 12.1 Å². The number of esters is 1. The van der Waals surface area contributed by atoms with Crippen LogP contribution in [0, 0.1) is 17.5 Å². The van der Waals surface area contributed by atoms with Crippen molar-refractivity contribution in [2.45, 2.75) is 32.7 Å². The third kappa shape index (κ3) is 6.31. The Balaban J connectivity index is 2.91. The van der Waals surface area contributed by atoms with E-state index in [1.807, 2.05) is 0 Å². The molecule has 1 rings (SSSR count). The van der Waals surface area contributed by atoms with Gasteiger partial charge in [-0.15, -0.1) is 0 Å². The number of benzene rings is 1. The van der Waals surface area contributed by atoms with Crippen molar-refractivity contribution in [2.24, 2.45) is 0 Å². The lowest BCUT2D eigenvalue weighted by Crippen LogP contribution is -2.38. The van der Waals surface area contributed by atoms with Crippen molar-refractivity contribution >= 4 is 12.1 Å². The Morgan fingerprint density at radius 3 is 2.42 bits per heavy atom. The lowest BCUT2D eigenvalue weighted by molar-refractivity contribution is -0.143. The first-order valence-electron chi connectivity index (χ1n) is 7.15. The molecule has 8 heteroatoms. The van der Waals surface area contributed by atoms with Crippen LogP contribution in [0.25, 0.3) is 0 Å². The standard InChI is InChI=1S/C16H18F3NO4/c1-4-23-15(21)7-11(20-16(22)24-9(2)3)5-10-6-13(18)14(19)8-12(10)17/h6,8,11H,2,4-5,7H2,1,3H3,(H,20,22)/t11-/m1/s1. The van der Waals surface area contributed by atoms with E-state index in [1.165, 1.54) is 6.92 Å². The van der Waals surface area contributed by atoms with Crippen LogP contribution in [-0.4, -0.2) is 24.7 Å². The minimum atomic E-state index is -1.33. The molecule has 1 atom stereocenters. The lowest BCUT2D eigenvalue weighted by Gasteiger charge is -2.18. The van der Waals surface area contributed by atoms with Crippen LogP contribution in [0.5, 0.6) is 0 Å². The molecule has 0 saturated carbocycles. The van der Waals surface area contributed by atoms with Crippen LogP contribution < -0.4 is 5.32 Å². The number of amides is 1. The molecule has 5 nitrogen and oxygen atoms in total. The van der Waals surface area contributed by atoms with Crippen molar-refractivity contribution in [2.75, 3.05) is 6.61 Å². The van der Waals surface area contributed by atoms with Gasteiger partial charge in [-0.3, -0.25) is 4.79 Å². The zero-order chi connectivity index (χ0) is 18.3. The van der Waals surface area contributed by atoms with Crippen LogP contribution in [0.15, 0.2) is 24.5 Å². The quantitative estimate of drug-likeness (QED) is 0.468. The number of nitrogens with one attached hydrogen (secondary N) is 1. The maximum Gasteiger partial charge on any atom is 0.412 e. The van der Waals surface area contributed by atoms with E-state index in [1.54, 1.807) is 6.92 Å². The molecule has 132 valence electrons. The van der Waals surface area contributed by atoms with Gasteiger partial charge in [0.1, 0.15) is 5.82 Å². The van der Waals surface area contributed by atoms with Crippen LogP contribution in [0.3, 0.4) is 0 Å². The van der Waals surface area contributed by atoms with E-state index in [0.717, 1.165) is 0 Å². The Kier molecular flexibility index (Phi) is 7.29. The second-order valence-corrected chi connectivity index (χ2v) is 5.00. The molecule has 1 aromatic carbocycles. The van der Waals surface area contributed by atoms with Gasteiger partial charge < -0.3 is 14.8 Å². The molecule has 0 saturated heterocycles. The molecule has 1 N–H and O–H groups in total. The fraction of sp³-hybridized carbons (Fsp3) is 0.375. The second-order valence-electron chi connectivity index (χ2n) is 5.00. The fourth-order valence-corrected chi connectivity index (χ4v) is 1.94. The molecule has 1 aromatic rings. The summed E-state index contributed by atoms with van der Waals surface area (Å²) in [5.41, 5.74) is -0.196. The first-order chi connectivity index (χ1) is 11.2. The number of rotatable bonds is 7. The van der Waals surface area contributed by atoms with E-state index < -0.39 is 35.6 Å². The van der Waals surface area contributed by atoms with E-state index in [9.17, 15) is 22.8 Å². The zero-order valence-corrected chi connectivity index (χ0v) is 13.3. The van der Waals surface area contributed by atoms with Gasteiger partial charge in [0.15, 0.2) is 11.6 Å². The third-order valence-electron chi connectivity index (χ3n) is 2.86. The molecule has 0 aliphatic rings. The SMILES string of the molecule is C=C(C)OC(=O)N[C@@H](CC(=O)OCC)Cc1cc(F)c(F)cc1F. The summed E-state index contributed by atoms with van der Waals surface area (Å²) in [4.78, 5) is 23.2. The summed E-state index contributed by atoms with van der Waals surface area (Å²) >= 11 is 0. The molecule has 0 unspecified atom stereocenters. The lowest BCUT2D eigenvalue weighted by atomic mass is 10.0. The molecule has 0 bridgehead atoms. The molecular formula is C16H18F3NO4. The molecule has 0 radical (unpaired) electrons. The summed E-state index contributed by atoms with van der Waals surface area (Å²) in [6.07, 6.45) is -1.45. The Bertz CT molecular complexity index is 634. The highest BCUT2D eigenvalue weighted by molar-refractivity contribution is 5.73. The van der Waals surface area contributed by atoms with Gasteiger partial charge in [-0.2, -0.15) is 0 Å². The van der Waals surface area contributed by atoms with E-state index in [-0.39, 0.29) is 30.8 Å². The Labute approximate surface area is 137 Å². The van der Waals surface area contributed by atoms with Crippen LogP contribution in [0.1, 0.15) is 25.8 Å². The van der Waals surface area contributed by atoms with Crippen LogP contribution in [0.4, 0.5) is 18.0 Å². The number of alkyl carbamates (subject to hydrolysis) is 1. The number of halogens is 3. The summed E-state index contributed by atoms with van der Waals surface area (Å²) in [6, 6.07) is 0.141. The Morgan fingerprint density at radius 2 is 1.83 bits per heavy atom. The number of ether oxygens (including phenoxy) is 2. The van der Waals surface area contributed by atoms with Gasteiger partial charge in [-0.25, -0.2) is 18.0 Å². The van der Waals surface area contributed by atoms with Crippen molar-refractivity contribution in [1.82, 2.24) is 5.32 Å². The minimum absolute atomic E-state index is 0.112. The first kappa shape index (κ1) is 19.5. The monoisotopic (exact) mass is 345 g/mol. The highest BCUT2D eigenvalue weighted by Crippen LogP contribution is 2.16. The van der Waals surface area contributed by atoms with E-state index >= 15 is 0 Å². The molecule has 24 heavy (non-hydrogen) atoms. The number of carbonyl (C=O) groups excluding carboxylic acids is 2. The summed E-state index contributed by atoms with van der Waals surface area (Å²) in [5, 5.41) is 2.34. The molecule has 0 heterocycles. The predicted octanol–water partition coefficient (Wildman–Crippen LogP) is 3.23. The van der Waals surface area contributed by atoms with Crippen molar-refractivity contribution in [1.29, 1.82) is 0 Å². The molecule has 1 amide bonds. The maximum absolute atomic E-state index is 13.7. The van der Waals surface area contributed by atoms with Gasteiger partial charge in [0.25, 0.3) is 0 Å². The van der Waals surface area contributed by atoms with Gasteiger partial charge in [-0.05, 0) is 31.9 Å². The average Bonchev–Trinajstić information content (AvgIpc) is 2.43. The number of carbonyl (C=O) groups is 2. The molecule has 0 fully saturated rings. The van der Waals surface area contributed by atoms with Crippen LogP contribution in [0.2, 0.25) is 0 Å². The Hall–Kier alpha value is -2.51. The van der Waals surface area contributed by atoms with Gasteiger partial charge in [0, 0.05) is 12.1 Å². The van der Waals surface area contributed by atoms with Crippen LogP contribution in [-0.2, 0) is 20.7 Å². The third-order valence-corrected chi connectivity index (χ3v) is 2.86. The van der Waals surface area contributed by atoms with E-state index in [4.69, 9.17) is 9.47 Å². The molecular weight excluding hydrogens is 327 g/mol. The fourth-order valence-electron chi connectivity index (χ4n) is 1.94. The highest BCUT2D eigenvalue weighted by atomic mass is 19.2. The first-order valence-corrected chi connectivity index (χ1v) is 7.15. The molecule has 0 aromatic heterocycles. The predicted molar refractivity (Wildman–Crippen MR) is 79.5 cm³/mol. The topological polar surface area (TPSA) is 64.6 Å². The van der Waals surface area contributed by atoms with Gasteiger partial charge in [0.05, 0.1) is 18.8 Å². The summed E-state index contributed by atoms with van der Waals surface area (Å²) in [5.74, 6) is -4.07. The summed E-state index contributed by atoms with van der Waals surface area (Å²) < 4.78 is 49.5. The smallest absolute Gasteiger partial charge is 0.412 e. The van der Waals surface area contributed by atoms with Crippen molar-refractivity contribution in [3.63, 3.8) is 0 Å². The largest absolute Gasteiger partial charge is 0.466 e. The molecule has 0 aliphatic carbocycles. The minimum Gasteiger partial charge on any atom is -0.466 e. The van der Waals surface area contributed by atoms with E-state index in [2.05, 4.69) is 11.9 Å². The molecule has 0 spiro atoms. The number of allylic oxidation sites excluding steroid dienone is 1. The van der Waals surface area contributed by atoms with Gasteiger partial charge in [-0.1, -0.05) is 6.58 Å². The summed E-state index contributed by atoms with van der Waals surface area (Å²) in [7, 11) is 0. The normalized spacial score (nSPS) is 11.5. The van der Waals surface area contributed by atoms with Crippen LogP contribution >= 0.6 is 0 Å². The van der Waals surface area contributed by atoms with Crippen molar-refractivity contribution < 1.29 is 32.2 Å². The van der Waals surface area contributed by atoms with Crippen molar-refractivity contribution in [3.05, 3.63) is 47.5 Å². The number of hydrogen-bond acceptors (Lipinski definition) is 4. The second kappa shape index (κ2) is 8.95. The maximum atomic E-state index is 13.7. The Morgan fingerprint density at radius 1 is 1.21 bits per heavy atom. The molecule has 0 aliphatic heterocycles.